The molecular weight excluding hydrogens is 364 g/mol. The predicted molar refractivity (Wildman–Crippen MR) is 123 cm³/mol. The molecule has 2 atom stereocenters. The van der Waals surface area contributed by atoms with Gasteiger partial charge in [0, 0.05) is 11.5 Å². The average molecular weight is 403 g/mol. The molecule has 150 valence electrons. The molecule has 2 unspecified atom stereocenters. The molecule has 0 saturated carbocycles. The first kappa shape index (κ1) is 22.0. The maximum atomic E-state index is 6.60. The summed E-state index contributed by atoms with van der Waals surface area (Å²) in [4.78, 5) is 0. The lowest BCUT2D eigenvalue weighted by Crippen LogP contribution is -2.32. The van der Waals surface area contributed by atoms with E-state index < -0.39 is 16.6 Å². The molecule has 0 aliphatic heterocycles. The second-order valence-electron chi connectivity index (χ2n) is 10.1. The van der Waals surface area contributed by atoms with E-state index in [4.69, 9.17) is 8.85 Å². The molecule has 0 heterocycles. The monoisotopic (exact) mass is 402 g/mol. The number of hydrogen-bond acceptors (Lipinski definition) is 2. The van der Waals surface area contributed by atoms with Gasteiger partial charge in [0.2, 0.25) is 16.6 Å². The Labute approximate surface area is 168 Å². The first-order valence-corrected chi connectivity index (χ1v) is 16.9. The molecule has 0 spiro atoms. The SMILES string of the molecule is C=C(C)C1CCC(C)=CC1c1c(O[Si](C)(C)C)cc(C)cc1O[Si](C)(C)C. The Balaban J connectivity index is 2.72. The Bertz CT molecular complexity index is 699. The standard InChI is InChI=1S/C23H38O2Si2/c1-16(2)19-12-11-17(3)13-20(19)23-21(24-26(5,6)7)14-18(4)15-22(23)25-27(8,9)10/h13-15,19-20H,1,11-12H2,2-10H3. The number of allylic oxidation sites excluding steroid dienone is 3. The van der Waals surface area contributed by atoms with Gasteiger partial charge in [0.1, 0.15) is 11.5 Å². The minimum atomic E-state index is -1.75. The van der Waals surface area contributed by atoms with Crippen molar-refractivity contribution >= 4 is 16.6 Å². The molecule has 0 bridgehead atoms. The smallest absolute Gasteiger partial charge is 0.242 e. The van der Waals surface area contributed by atoms with E-state index in [9.17, 15) is 0 Å². The second-order valence-corrected chi connectivity index (χ2v) is 19.0. The lowest BCUT2D eigenvalue weighted by Gasteiger charge is -2.35. The zero-order valence-corrected chi connectivity index (χ0v) is 20.8. The van der Waals surface area contributed by atoms with Gasteiger partial charge < -0.3 is 8.85 Å². The first-order valence-electron chi connectivity index (χ1n) is 10.1. The van der Waals surface area contributed by atoms with Crippen LogP contribution in [-0.4, -0.2) is 16.6 Å². The van der Waals surface area contributed by atoms with Crippen molar-refractivity contribution < 1.29 is 8.85 Å². The van der Waals surface area contributed by atoms with Gasteiger partial charge in [-0.25, -0.2) is 0 Å². The van der Waals surface area contributed by atoms with Crippen LogP contribution in [0.4, 0.5) is 0 Å². The largest absolute Gasteiger partial charge is 0.544 e. The minimum Gasteiger partial charge on any atom is -0.544 e. The highest BCUT2D eigenvalue weighted by molar-refractivity contribution is 6.71. The first-order chi connectivity index (χ1) is 12.3. The molecule has 0 N–H and O–H groups in total. The van der Waals surface area contributed by atoms with Crippen molar-refractivity contribution in [1.82, 2.24) is 0 Å². The number of benzene rings is 1. The third kappa shape index (κ3) is 6.11. The van der Waals surface area contributed by atoms with E-state index in [0.29, 0.717) is 5.92 Å². The number of hydrogen-bond donors (Lipinski definition) is 0. The Morgan fingerprint density at radius 1 is 0.963 bits per heavy atom. The summed E-state index contributed by atoms with van der Waals surface area (Å²) in [7, 11) is -3.50. The maximum Gasteiger partial charge on any atom is 0.242 e. The van der Waals surface area contributed by atoms with Gasteiger partial charge in [0.25, 0.3) is 0 Å². The maximum absolute atomic E-state index is 6.60. The zero-order chi connectivity index (χ0) is 20.6. The normalized spacial score (nSPS) is 20.9. The quantitative estimate of drug-likeness (QED) is 0.363. The fraction of sp³-hybridized carbons (Fsp3) is 0.565. The molecule has 1 aromatic rings. The molecule has 1 aliphatic rings. The van der Waals surface area contributed by atoms with Crippen LogP contribution in [0.2, 0.25) is 39.3 Å². The molecule has 0 saturated heterocycles. The summed E-state index contributed by atoms with van der Waals surface area (Å²) in [6, 6.07) is 4.41. The Morgan fingerprint density at radius 3 is 1.85 bits per heavy atom. The summed E-state index contributed by atoms with van der Waals surface area (Å²) in [6.07, 6.45) is 4.73. The molecule has 2 rings (SSSR count). The number of rotatable bonds is 6. The molecular formula is C23H38O2Si2. The highest BCUT2D eigenvalue weighted by Crippen LogP contribution is 2.48. The third-order valence-electron chi connectivity index (χ3n) is 4.79. The van der Waals surface area contributed by atoms with E-state index in [1.165, 1.54) is 22.3 Å². The van der Waals surface area contributed by atoms with Gasteiger partial charge in [-0.05, 0) is 96.5 Å². The third-order valence-corrected chi connectivity index (χ3v) is 6.46. The van der Waals surface area contributed by atoms with Crippen molar-refractivity contribution in [3.63, 3.8) is 0 Å². The second kappa shape index (κ2) is 8.00. The molecule has 0 aromatic heterocycles. The highest BCUT2D eigenvalue weighted by Gasteiger charge is 2.33. The summed E-state index contributed by atoms with van der Waals surface area (Å²) < 4.78 is 13.2. The Morgan fingerprint density at radius 2 is 1.44 bits per heavy atom. The lowest BCUT2D eigenvalue weighted by molar-refractivity contribution is 0.448. The van der Waals surface area contributed by atoms with E-state index >= 15 is 0 Å². The van der Waals surface area contributed by atoms with Gasteiger partial charge >= 0.3 is 0 Å². The van der Waals surface area contributed by atoms with Crippen molar-refractivity contribution in [1.29, 1.82) is 0 Å². The summed E-state index contributed by atoms with van der Waals surface area (Å²) in [5, 5.41) is 0. The van der Waals surface area contributed by atoms with Gasteiger partial charge in [-0.3, -0.25) is 0 Å². The van der Waals surface area contributed by atoms with E-state index in [2.05, 4.69) is 84.8 Å². The van der Waals surface area contributed by atoms with Crippen molar-refractivity contribution in [2.24, 2.45) is 5.92 Å². The van der Waals surface area contributed by atoms with Gasteiger partial charge in [0.05, 0.1) is 0 Å². The van der Waals surface area contributed by atoms with Crippen LogP contribution >= 0.6 is 0 Å². The van der Waals surface area contributed by atoms with Gasteiger partial charge in [0.15, 0.2) is 0 Å². The molecule has 1 aliphatic carbocycles. The van der Waals surface area contributed by atoms with Crippen LogP contribution in [0.1, 0.15) is 43.7 Å². The van der Waals surface area contributed by atoms with Crippen LogP contribution in [0.3, 0.4) is 0 Å². The zero-order valence-electron chi connectivity index (χ0n) is 18.8. The number of aryl methyl sites for hydroxylation is 1. The van der Waals surface area contributed by atoms with E-state index in [1.54, 1.807) is 0 Å². The van der Waals surface area contributed by atoms with Crippen molar-refractivity contribution in [3.8, 4) is 11.5 Å². The fourth-order valence-corrected chi connectivity index (χ4v) is 5.45. The van der Waals surface area contributed by atoms with Crippen LogP contribution in [0.5, 0.6) is 11.5 Å². The van der Waals surface area contributed by atoms with Crippen molar-refractivity contribution in [2.75, 3.05) is 0 Å². The molecule has 0 fully saturated rings. The Hall–Kier alpha value is -1.27. The van der Waals surface area contributed by atoms with E-state index in [1.807, 2.05) is 0 Å². The topological polar surface area (TPSA) is 18.5 Å². The predicted octanol–water partition coefficient (Wildman–Crippen LogP) is 7.44. The molecule has 4 heteroatoms. The molecule has 1 aromatic carbocycles. The molecule has 0 radical (unpaired) electrons. The van der Waals surface area contributed by atoms with E-state index in [-0.39, 0.29) is 5.92 Å². The van der Waals surface area contributed by atoms with Crippen LogP contribution < -0.4 is 8.85 Å². The summed E-state index contributed by atoms with van der Waals surface area (Å²) in [5.41, 5.74) is 5.14. The molecule has 0 amide bonds. The van der Waals surface area contributed by atoms with Crippen molar-refractivity contribution in [3.05, 3.63) is 47.1 Å². The minimum absolute atomic E-state index is 0.273. The lowest BCUT2D eigenvalue weighted by atomic mass is 9.74. The highest BCUT2D eigenvalue weighted by atomic mass is 28.4. The van der Waals surface area contributed by atoms with Crippen LogP contribution in [-0.2, 0) is 0 Å². The summed E-state index contributed by atoms with van der Waals surface area (Å²) >= 11 is 0. The van der Waals surface area contributed by atoms with Gasteiger partial charge in [-0.2, -0.15) is 0 Å². The fourth-order valence-electron chi connectivity index (χ4n) is 3.80. The van der Waals surface area contributed by atoms with E-state index in [0.717, 1.165) is 24.3 Å². The average Bonchev–Trinajstić information content (AvgIpc) is 2.42. The van der Waals surface area contributed by atoms with Crippen LogP contribution in [0, 0.1) is 12.8 Å². The summed E-state index contributed by atoms with van der Waals surface area (Å²) in [6.45, 7) is 24.3. The van der Waals surface area contributed by atoms with Crippen LogP contribution in [0.25, 0.3) is 0 Å². The molecule has 27 heavy (non-hydrogen) atoms. The Kier molecular flexibility index (Phi) is 6.53. The molecule has 2 nitrogen and oxygen atoms in total. The van der Waals surface area contributed by atoms with Crippen LogP contribution in [0.15, 0.2) is 35.9 Å². The van der Waals surface area contributed by atoms with Crippen molar-refractivity contribution in [2.45, 2.75) is 78.8 Å². The van der Waals surface area contributed by atoms with Gasteiger partial charge in [-0.1, -0.05) is 23.8 Å². The summed E-state index contributed by atoms with van der Waals surface area (Å²) in [5.74, 6) is 2.74. The van der Waals surface area contributed by atoms with Gasteiger partial charge in [-0.15, -0.1) is 0 Å².